The molecule has 0 aliphatic rings. The van der Waals surface area contributed by atoms with E-state index in [0.717, 1.165) is 17.2 Å². The largest absolute Gasteiger partial charge is 0.481 e. The van der Waals surface area contributed by atoms with Crippen LogP contribution in [0.2, 0.25) is 5.02 Å². The fourth-order valence-electron chi connectivity index (χ4n) is 1.69. The van der Waals surface area contributed by atoms with Gasteiger partial charge in [0.15, 0.2) is 0 Å². The van der Waals surface area contributed by atoms with Crippen molar-refractivity contribution in [3.63, 3.8) is 0 Å². The van der Waals surface area contributed by atoms with Crippen molar-refractivity contribution >= 4 is 51.8 Å². The third kappa shape index (κ3) is 2.30. The highest BCUT2D eigenvalue weighted by Gasteiger charge is 2.12. The molecule has 0 amide bonds. The highest BCUT2D eigenvalue weighted by atomic mass is 35.5. The molecule has 0 spiro atoms. The zero-order valence-electron chi connectivity index (χ0n) is 10.3. The van der Waals surface area contributed by atoms with Crippen LogP contribution in [0.1, 0.15) is 0 Å². The Bertz CT molecular complexity index is 777. The Labute approximate surface area is 123 Å². The molecule has 2 aromatic heterocycles. The van der Waals surface area contributed by atoms with Gasteiger partial charge in [0, 0.05) is 6.07 Å². The summed E-state index contributed by atoms with van der Waals surface area (Å²) in [4.78, 5) is 8.00. The Balaban J connectivity index is 2.07. The summed E-state index contributed by atoms with van der Waals surface area (Å²) in [6.45, 7) is 0. The van der Waals surface area contributed by atoms with Crippen LogP contribution in [0.3, 0.4) is 0 Å². The number of aromatic nitrogens is 4. The number of rotatable bonds is 3. The van der Waals surface area contributed by atoms with Gasteiger partial charge in [0.05, 0.1) is 29.5 Å². The first-order valence-electron chi connectivity index (χ1n) is 5.53. The number of halogens is 1. The number of hydrogen-bond donors (Lipinski definition) is 2. The molecule has 0 bridgehead atoms. The van der Waals surface area contributed by atoms with Crippen LogP contribution in [0.25, 0.3) is 11.0 Å². The molecule has 3 aromatic rings. The van der Waals surface area contributed by atoms with Gasteiger partial charge in [0.2, 0.25) is 11.8 Å². The Morgan fingerprint density at radius 3 is 2.95 bits per heavy atom. The quantitative estimate of drug-likeness (QED) is 0.766. The summed E-state index contributed by atoms with van der Waals surface area (Å²) < 4.78 is 13.4. The van der Waals surface area contributed by atoms with Crippen LogP contribution in [0, 0.1) is 0 Å². The molecule has 0 fully saturated rings. The van der Waals surface area contributed by atoms with E-state index < -0.39 is 0 Å². The monoisotopic (exact) mass is 308 g/mol. The Hall–Kier alpha value is -2.19. The zero-order chi connectivity index (χ0) is 14.1. The number of nitrogen functional groups attached to an aromatic ring is 1. The number of nitrogens with one attached hydrogen (secondary N) is 1. The van der Waals surface area contributed by atoms with Gasteiger partial charge >= 0.3 is 0 Å². The molecule has 0 saturated carbocycles. The molecule has 0 saturated heterocycles. The van der Waals surface area contributed by atoms with Crippen LogP contribution >= 0.6 is 23.3 Å². The van der Waals surface area contributed by atoms with E-state index in [0.29, 0.717) is 27.9 Å². The van der Waals surface area contributed by atoms with Gasteiger partial charge in [-0.15, -0.1) is 0 Å². The molecule has 20 heavy (non-hydrogen) atoms. The topological polar surface area (TPSA) is 98.8 Å². The Morgan fingerprint density at radius 2 is 2.15 bits per heavy atom. The first-order chi connectivity index (χ1) is 9.67. The fourth-order valence-corrected chi connectivity index (χ4v) is 2.43. The van der Waals surface area contributed by atoms with E-state index in [1.807, 2.05) is 0 Å². The van der Waals surface area contributed by atoms with Crippen molar-refractivity contribution in [1.29, 1.82) is 0 Å². The van der Waals surface area contributed by atoms with Crippen molar-refractivity contribution in [2.24, 2.45) is 0 Å². The highest BCUT2D eigenvalue weighted by Crippen LogP contribution is 2.32. The summed E-state index contributed by atoms with van der Waals surface area (Å²) in [6, 6.07) is 5.17. The van der Waals surface area contributed by atoms with E-state index in [2.05, 4.69) is 24.0 Å². The number of hydrogen-bond acceptors (Lipinski definition) is 8. The second kappa shape index (κ2) is 5.06. The van der Waals surface area contributed by atoms with Gasteiger partial charge in [-0.25, -0.2) is 0 Å². The third-order valence-electron chi connectivity index (χ3n) is 2.56. The predicted molar refractivity (Wildman–Crippen MR) is 78.7 cm³/mol. The van der Waals surface area contributed by atoms with Crippen molar-refractivity contribution in [1.82, 2.24) is 18.7 Å². The van der Waals surface area contributed by atoms with E-state index in [1.165, 1.54) is 7.11 Å². The maximum Gasteiger partial charge on any atom is 0.225 e. The minimum absolute atomic E-state index is 0.103. The summed E-state index contributed by atoms with van der Waals surface area (Å²) in [5.41, 5.74) is 7.68. The lowest BCUT2D eigenvalue weighted by atomic mass is 10.2. The summed E-state index contributed by atoms with van der Waals surface area (Å²) in [5.74, 6) is 0.933. The van der Waals surface area contributed by atoms with Gasteiger partial charge in [-0.3, -0.25) is 0 Å². The molecule has 7 nitrogen and oxygen atoms in total. The van der Waals surface area contributed by atoms with Crippen LogP contribution in [0.15, 0.2) is 18.2 Å². The fraction of sp³-hybridized carbons (Fsp3) is 0.0909. The van der Waals surface area contributed by atoms with Gasteiger partial charge in [-0.2, -0.15) is 18.7 Å². The molecule has 1 aromatic carbocycles. The van der Waals surface area contributed by atoms with E-state index in [4.69, 9.17) is 22.1 Å². The van der Waals surface area contributed by atoms with Crippen LogP contribution < -0.4 is 15.8 Å². The normalized spacial score (nSPS) is 10.7. The summed E-state index contributed by atoms with van der Waals surface area (Å²) >= 11 is 7.31. The lowest BCUT2D eigenvalue weighted by molar-refractivity contribution is 0.398. The molecule has 0 aliphatic carbocycles. The minimum Gasteiger partial charge on any atom is -0.481 e. The molecule has 0 radical (unpaired) electrons. The smallest absolute Gasteiger partial charge is 0.225 e. The van der Waals surface area contributed by atoms with Crippen LogP contribution in [-0.2, 0) is 0 Å². The first kappa shape index (κ1) is 12.8. The number of benzene rings is 1. The minimum atomic E-state index is 0.103. The predicted octanol–water partition coefficient (Wildman–Crippen LogP) is 2.47. The second-order valence-electron chi connectivity index (χ2n) is 3.83. The van der Waals surface area contributed by atoms with Crippen LogP contribution in [0.5, 0.6) is 5.88 Å². The molecule has 0 unspecified atom stereocenters. The lowest BCUT2D eigenvalue weighted by Gasteiger charge is -2.09. The maximum atomic E-state index is 6.19. The maximum absolute atomic E-state index is 6.19. The zero-order valence-corrected chi connectivity index (χ0v) is 11.9. The number of nitrogens with zero attached hydrogens (tertiary/aromatic N) is 4. The van der Waals surface area contributed by atoms with Gasteiger partial charge < -0.3 is 15.8 Å². The molecule has 3 N–H and O–H groups in total. The summed E-state index contributed by atoms with van der Waals surface area (Å²) in [5, 5.41) is 3.59. The molecular weight excluding hydrogens is 300 g/mol. The molecule has 2 heterocycles. The Kier molecular flexibility index (Phi) is 3.25. The summed E-state index contributed by atoms with van der Waals surface area (Å²) in [6.07, 6.45) is 0. The van der Waals surface area contributed by atoms with Gasteiger partial charge in [0.1, 0.15) is 16.9 Å². The van der Waals surface area contributed by atoms with Gasteiger partial charge in [0.25, 0.3) is 0 Å². The SMILES string of the molecule is COc1cc(Nc2c(Cl)ccc3nsnc23)nc(N)n1. The van der Waals surface area contributed by atoms with E-state index in [9.17, 15) is 0 Å². The van der Waals surface area contributed by atoms with Crippen molar-refractivity contribution < 1.29 is 4.74 Å². The molecule has 0 atom stereocenters. The number of methoxy groups -OCH3 is 1. The summed E-state index contributed by atoms with van der Waals surface area (Å²) in [7, 11) is 1.50. The molecule has 3 rings (SSSR count). The average molecular weight is 309 g/mol. The van der Waals surface area contributed by atoms with Crippen molar-refractivity contribution in [3.05, 3.63) is 23.2 Å². The van der Waals surface area contributed by atoms with Crippen molar-refractivity contribution in [3.8, 4) is 5.88 Å². The van der Waals surface area contributed by atoms with Crippen molar-refractivity contribution in [2.75, 3.05) is 18.2 Å². The number of fused-ring (bicyclic) bond motifs is 1. The second-order valence-corrected chi connectivity index (χ2v) is 4.77. The highest BCUT2D eigenvalue weighted by molar-refractivity contribution is 7.00. The number of nitrogens with two attached hydrogens (primary N) is 1. The van der Waals surface area contributed by atoms with E-state index in [-0.39, 0.29) is 5.95 Å². The molecular formula is C11H9ClN6OS. The standard InChI is InChI=1S/C11H9ClN6OS/c1-19-8-4-7(15-11(13)16-8)14-9-5(12)2-3-6-10(9)18-20-17-6/h2-4H,1H3,(H3,13,14,15,16). The van der Waals surface area contributed by atoms with E-state index >= 15 is 0 Å². The molecule has 0 aliphatic heterocycles. The molecule has 102 valence electrons. The lowest BCUT2D eigenvalue weighted by Crippen LogP contribution is -2.02. The van der Waals surface area contributed by atoms with Crippen LogP contribution in [-0.4, -0.2) is 25.8 Å². The van der Waals surface area contributed by atoms with Gasteiger partial charge in [-0.05, 0) is 12.1 Å². The number of anilines is 3. The first-order valence-corrected chi connectivity index (χ1v) is 6.64. The average Bonchev–Trinajstić information content (AvgIpc) is 2.90. The Morgan fingerprint density at radius 1 is 1.30 bits per heavy atom. The van der Waals surface area contributed by atoms with Crippen molar-refractivity contribution in [2.45, 2.75) is 0 Å². The number of ether oxygens (including phenoxy) is 1. The van der Waals surface area contributed by atoms with E-state index in [1.54, 1.807) is 18.2 Å². The van der Waals surface area contributed by atoms with Gasteiger partial charge in [-0.1, -0.05) is 11.6 Å². The van der Waals surface area contributed by atoms with Crippen LogP contribution in [0.4, 0.5) is 17.5 Å². The molecule has 9 heteroatoms. The third-order valence-corrected chi connectivity index (χ3v) is 3.42.